The van der Waals surface area contributed by atoms with Gasteiger partial charge in [0.2, 0.25) is 5.91 Å². The lowest BCUT2D eigenvalue weighted by Crippen LogP contribution is -2.43. The number of nitrogens with zero attached hydrogens (tertiary/aromatic N) is 1. The SMILES string of the molecule is CCCC1NC(C)(CC)C(=O)N1CCC(C)S(C)=O. The summed E-state index contributed by atoms with van der Waals surface area (Å²) in [5.74, 6) is 0.197. The number of hydrogen-bond donors (Lipinski definition) is 1. The minimum absolute atomic E-state index is 0.139. The van der Waals surface area contributed by atoms with Gasteiger partial charge in [-0.2, -0.15) is 0 Å². The maximum absolute atomic E-state index is 12.5. The summed E-state index contributed by atoms with van der Waals surface area (Å²) in [7, 11) is -0.816. The maximum Gasteiger partial charge on any atom is 0.243 e. The Morgan fingerprint density at radius 3 is 2.58 bits per heavy atom. The first kappa shape index (κ1) is 16.6. The summed E-state index contributed by atoms with van der Waals surface area (Å²) in [5.41, 5.74) is -0.422. The van der Waals surface area contributed by atoms with Crippen molar-refractivity contribution in [3.63, 3.8) is 0 Å². The summed E-state index contributed by atoms with van der Waals surface area (Å²) in [6.07, 6.45) is 5.50. The van der Waals surface area contributed by atoms with Crippen molar-refractivity contribution < 1.29 is 9.00 Å². The molecule has 112 valence electrons. The average molecular weight is 288 g/mol. The van der Waals surface area contributed by atoms with Crippen molar-refractivity contribution in [2.45, 2.75) is 70.3 Å². The normalized spacial score (nSPS) is 30.7. The third-order valence-electron chi connectivity index (χ3n) is 4.21. The van der Waals surface area contributed by atoms with Crippen LogP contribution < -0.4 is 5.32 Å². The number of hydrogen-bond acceptors (Lipinski definition) is 3. The molecule has 0 saturated carbocycles. The lowest BCUT2D eigenvalue weighted by atomic mass is 9.99. The third kappa shape index (κ3) is 3.78. The summed E-state index contributed by atoms with van der Waals surface area (Å²) in [4.78, 5) is 14.5. The van der Waals surface area contributed by atoms with Gasteiger partial charge in [0.05, 0.1) is 11.7 Å². The van der Waals surface area contributed by atoms with Crippen LogP contribution in [0.2, 0.25) is 0 Å². The molecule has 1 saturated heterocycles. The van der Waals surface area contributed by atoms with Crippen LogP contribution in [0.25, 0.3) is 0 Å². The second kappa shape index (κ2) is 6.84. The van der Waals surface area contributed by atoms with Gasteiger partial charge in [0.1, 0.15) is 0 Å². The Labute approximate surface area is 119 Å². The highest BCUT2D eigenvalue weighted by atomic mass is 32.2. The van der Waals surface area contributed by atoms with E-state index < -0.39 is 16.3 Å². The minimum Gasteiger partial charge on any atom is -0.326 e. The molecule has 19 heavy (non-hydrogen) atoms. The van der Waals surface area contributed by atoms with Gasteiger partial charge in [-0.05, 0) is 26.2 Å². The molecule has 0 bridgehead atoms. The molecule has 1 heterocycles. The van der Waals surface area contributed by atoms with E-state index in [1.165, 1.54) is 0 Å². The van der Waals surface area contributed by atoms with Gasteiger partial charge >= 0.3 is 0 Å². The Kier molecular flexibility index (Phi) is 5.99. The molecule has 1 fully saturated rings. The number of amides is 1. The van der Waals surface area contributed by atoms with Gasteiger partial charge in [-0.25, -0.2) is 0 Å². The molecule has 1 rings (SSSR count). The van der Waals surface area contributed by atoms with Crippen molar-refractivity contribution in [1.82, 2.24) is 10.2 Å². The largest absolute Gasteiger partial charge is 0.326 e. The highest BCUT2D eigenvalue weighted by Crippen LogP contribution is 2.26. The van der Waals surface area contributed by atoms with Crippen LogP contribution in [-0.2, 0) is 15.6 Å². The van der Waals surface area contributed by atoms with E-state index in [1.54, 1.807) is 6.26 Å². The Bertz CT molecular complexity index is 348. The molecule has 4 atom stereocenters. The van der Waals surface area contributed by atoms with Crippen LogP contribution in [-0.4, -0.2) is 44.8 Å². The highest BCUT2D eigenvalue weighted by Gasteiger charge is 2.45. The molecule has 0 radical (unpaired) electrons. The molecule has 4 nitrogen and oxygen atoms in total. The Hall–Kier alpha value is -0.420. The molecule has 1 N–H and O–H groups in total. The minimum atomic E-state index is -0.816. The highest BCUT2D eigenvalue weighted by molar-refractivity contribution is 7.84. The van der Waals surface area contributed by atoms with E-state index in [0.717, 1.165) is 25.7 Å². The third-order valence-corrected chi connectivity index (χ3v) is 5.58. The van der Waals surface area contributed by atoms with Crippen molar-refractivity contribution in [2.75, 3.05) is 12.8 Å². The van der Waals surface area contributed by atoms with E-state index in [0.29, 0.717) is 6.54 Å². The smallest absolute Gasteiger partial charge is 0.243 e. The molecular formula is C14H28N2O2S. The second-order valence-corrected chi connectivity index (χ2v) is 7.53. The molecule has 1 aliphatic rings. The summed E-state index contributed by atoms with van der Waals surface area (Å²) in [6, 6.07) is 0. The van der Waals surface area contributed by atoms with E-state index in [-0.39, 0.29) is 17.3 Å². The second-order valence-electron chi connectivity index (χ2n) is 5.73. The fourth-order valence-corrected chi connectivity index (χ4v) is 2.90. The van der Waals surface area contributed by atoms with Gasteiger partial charge in [-0.1, -0.05) is 27.2 Å². The molecule has 0 aromatic heterocycles. The topological polar surface area (TPSA) is 49.4 Å². The van der Waals surface area contributed by atoms with Gasteiger partial charge in [0, 0.05) is 28.9 Å². The average Bonchev–Trinajstić information content (AvgIpc) is 2.60. The Balaban J connectivity index is 2.72. The van der Waals surface area contributed by atoms with Crippen molar-refractivity contribution in [2.24, 2.45) is 0 Å². The number of nitrogens with one attached hydrogen (secondary N) is 1. The molecule has 0 aliphatic carbocycles. The monoisotopic (exact) mass is 288 g/mol. The van der Waals surface area contributed by atoms with Crippen LogP contribution in [0.15, 0.2) is 0 Å². The van der Waals surface area contributed by atoms with E-state index in [1.807, 2.05) is 25.7 Å². The molecule has 0 spiro atoms. The van der Waals surface area contributed by atoms with E-state index in [9.17, 15) is 9.00 Å². The van der Waals surface area contributed by atoms with Gasteiger partial charge < -0.3 is 4.90 Å². The fraction of sp³-hybridized carbons (Fsp3) is 0.929. The van der Waals surface area contributed by atoms with Crippen LogP contribution in [0.1, 0.15) is 53.4 Å². The number of carbonyl (C=O) groups excluding carboxylic acids is 1. The first-order valence-corrected chi connectivity index (χ1v) is 8.88. The summed E-state index contributed by atoms with van der Waals surface area (Å²) < 4.78 is 11.4. The lowest BCUT2D eigenvalue weighted by molar-refractivity contribution is -0.133. The number of rotatable bonds is 7. The lowest BCUT2D eigenvalue weighted by Gasteiger charge is -2.25. The summed E-state index contributed by atoms with van der Waals surface area (Å²) in [5, 5.41) is 3.61. The van der Waals surface area contributed by atoms with E-state index in [4.69, 9.17) is 0 Å². The Morgan fingerprint density at radius 2 is 2.11 bits per heavy atom. The summed E-state index contributed by atoms with van der Waals surface area (Å²) >= 11 is 0. The van der Waals surface area contributed by atoms with E-state index >= 15 is 0 Å². The van der Waals surface area contributed by atoms with Crippen molar-refractivity contribution in [3.8, 4) is 0 Å². The predicted octanol–water partition coefficient (Wildman–Crippen LogP) is 1.87. The van der Waals surface area contributed by atoms with Crippen molar-refractivity contribution in [1.29, 1.82) is 0 Å². The first-order chi connectivity index (χ1) is 8.85. The standard InChI is InChI=1S/C14H28N2O2S/c1-6-8-12-15-14(4,7-2)13(17)16(12)10-9-11(3)19(5)18/h11-12,15H,6-10H2,1-5H3. The van der Waals surface area contributed by atoms with Crippen LogP contribution in [0, 0.1) is 0 Å². The number of carbonyl (C=O) groups is 1. The zero-order valence-corrected chi connectivity index (χ0v) is 13.7. The predicted molar refractivity (Wildman–Crippen MR) is 80.4 cm³/mol. The van der Waals surface area contributed by atoms with Crippen molar-refractivity contribution >= 4 is 16.7 Å². The van der Waals surface area contributed by atoms with Crippen LogP contribution >= 0.6 is 0 Å². The van der Waals surface area contributed by atoms with Crippen LogP contribution in [0.4, 0.5) is 0 Å². The molecule has 5 heteroatoms. The summed E-state index contributed by atoms with van der Waals surface area (Å²) in [6.45, 7) is 8.85. The molecule has 1 aliphatic heterocycles. The van der Waals surface area contributed by atoms with Gasteiger partial charge in [0.15, 0.2) is 0 Å². The zero-order chi connectivity index (χ0) is 14.6. The molecule has 1 amide bonds. The molecule has 0 aromatic rings. The van der Waals surface area contributed by atoms with Crippen LogP contribution in [0.3, 0.4) is 0 Å². The van der Waals surface area contributed by atoms with Gasteiger partial charge in [-0.15, -0.1) is 0 Å². The molecular weight excluding hydrogens is 260 g/mol. The molecule has 0 aromatic carbocycles. The van der Waals surface area contributed by atoms with Crippen molar-refractivity contribution in [3.05, 3.63) is 0 Å². The Morgan fingerprint density at radius 1 is 1.47 bits per heavy atom. The zero-order valence-electron chi connectivity index (χ0n) is 12.9. The van der Waals surface area contributed by atoms with E-state index in [2.05, 4.69) is 12.2 Å². The quantitative estimate of drug-likeness (QED) is 0.778. The maximum atomic E-state index is 12.5. The van der Waals surface area contributed by atoms with Gasteiger partial charge in [-0.3, -0.25) is 14.3 Å². The first-order valence-electron chi connectivity index (χ1n) is 7.26. The van der Waals surface area contributed by atoms with Gasteiger partial charge in [0.25, 0.3) is 0 Å². The van der Waals surface area contributed by atoms with Crippen LogP contribution in [0.5, 0.6) is 0 Å². The molecule has 4 unspecified atom stereocenters. The fourth-order valence-electron chi connectivity index (χ4n) is 2.46.